The molecule has 1 aromatic carbocycles. The number of fused-ring (bicyclic) bond motifs is 4. The molecule has 3 aliphatic carbocycles. The molecule has 12 heteroatoms. The molecule has 1 atom stereocenters. The summed E-state index contributed by atoms with van der Waals surface area (Å²) in [5.41, 5.74) is -2.03. The molecule has 3 aliphatic rings. The van der Waals surface area contributed by atoms with Crippen molar-refractivity contribution in [2.45, 2.75) is 55.5 Å². The molecule has 0 saturated heterocycles. The number of amides is 2. The number of aromatic nitrogens is 1. The number of carbonyl (C=O) groups is 2. The van der Waals surface area contributed by atoms with Crippen molar-refractivity contribution in [3.05, 3.63) is 59.1 Å². The second-order valence-electron chi connectivity index (χ2n) is 9.62. The molecule has 0 aliphatic heterocycles. The Morgan fingerprint density at radius 3 is 2.54 bits per heavy atom. The molecule has 0 radical (unpaired) electrons. The molecule has 3 saturated carbocycles. The third-order valence-corrected chi connectivity index (χ3v) is 7.42. The number of aliphatic hydroxyl groups excluding tert-OH is 1. The van der Waals surface area contributed by atoms with E-state index in [1.807, 2.05) is 0 Å². The lowest BCUT2D eigenvalue weighted by atomic mass is 9.60. The topological polar surface area (TPSA) is 114 Å². The number of alkyl halides is 3. The number of aliphatic hydroxyl groups is 1. The van der Waals surface area contributed by atoms with Crippen LogP contribution in [-0.2, 0) is 11.0 Å². The summed E-state index contributed by atoms with van der Waals surface area (Å²) in [5.74, 6) is -0.746. The van der Waals surface area contributed by atoms with Gasteiger partial charge in [0, 0.05) is 15.9 Å². The maximum Gasteiger partial charge on any atom is 0.433 e. The number of halogens is 4. The van der Waals surface area contributed by atoms with Gasteiger partial charge in [-0.15, -0.1) is 0 Å². The maximum absolute atomic E-state index is 12.9. The first-order chi connectivity index (χ1) is 17.5. The summed E-state index contributed by atoms with van der Waals surface area (Å²) in [6.45, 7) is -0.445. The number of hydrogen-bond donors (Lipinski definition) is 3. The van der Waals surface area contributed by atoms with Gasteiger partial charge in [-0.3, -0.25) is 9.59 Å². The second kappa shape index (κ2) is 9.21. The summed E-state index contributed by atoms with van der Waals surface area (Å²) >= 11 is 6.00. The molecule has 2 amide bonds. The Bertz CT molecular complexity index is 1330. The average Bonchev–Trinajstić information content (AvgIpc) is 3.27. The van der Waals surface area contributed by atoms with Gasteiger partial charge in [0.1, 0.15) is 17.0 Å². The van der Waals surface area contributed by atoms with Gasteiger partial charge in [0.25, 0.3) is 11.8 Å². The molecule has 2 bridgehead atoms. The quantitative estimate of drug-likeness (QED) is 0.433. The third-order valence-electron chi connectivity index (χ3n) is 7.19. The Kier molecular flexibility index (Phi) is 6.31. The summed E-state index contributed by atoms with van der Waals surface area (Å²) in [6, 6.07) is 8.54. The summed E-state index contributed by atoms with van der Waals surface area (Å²) < 4.78 is 48.8. The van der Waals surface area contributed by atoms with Crippen LogP contribution in [0.25, 0.3) is 11.0 Å². The maximum atomic E-state index is 12.9. The number of nitrogens with one attached hydrogen (secondary N) is 2. The zero-order valence-electron chi connectivity index (χ0n) is 19.4. The Morgan fingerprint density at radius 2 is 1.89 bits per heavy atom. The molecule has 0 spiro atoms. The van der Waals surface area contributed by atoms with Gasteiger partial charge in [-0.2, -0.15) is 13.2 Å². The van der Waals surface area contributed by atoms with E-state index in [-0.39, 0.29) is 17.9 Å². The normalized spacial score (nSPS) is 25.2. The molecule has 3 aromatic rings. The Balaban J connectivity index is 1.17. The largest absolute Gasteiger partial charge is 0.482 e. The predicted molar refractivity (Wildman–Crippen MR) is 126 cm³/mol. The van der Waals surface area contributed by atoms with Crippen molar-refractivity contribution in [3.8, 4) is 5.75 Å². The average molecular weight is 538 g/mol. The fourth-order valence-electron chi connectivity index (χ4n) is 5.19. The van der Waals surface area contributed by atoms with E-state index in [2.05, 4.69) is 15.6 Å². The second-order valence-corrected chi connectivity index (χ2v) is 10.1. The van der Waals surface area contributed by atoms with Gasteiger partial charge in [0.15, 0.2) is 12.4 Å². The highest BCUT2D eigenvalue weighted by Crippen LogP contribution is 2.47. The zero-order valence-corrected chi connectivity index (χ0v) is 20.2. The number of ether oxygens (including phenoxy) is 1. The van der Waals surface area contributed by atoms with Gasteiger partial charge in [0.2, 0.25) is 0 Å². The number of carbonyl (C=O) groups excluding carboxylic acids is 2. The van der Waals surface area contributed by atoms with Crippen molar-refractivity contribution in [1.29, 1.82) is 0 Å². The third kappa shape index (κ3) is 5.10. The van der Waals surface area contributed by atoms with E-state index in [4.69, 9.17) is 20.8 Å². The van der Waals surface area contributed by atoms with E-state index in [0.29, 0.717) is 41.7 Å². The summed E-state index contributed by atoms with van der Waals surface area (Å²) in [6.07, 6.45) is -2.41. The lowest BCUT2D eigenvalue weighted by Crippen LogP contribution is -2.70. The zero-order chi connectivity index (χ0) is 26.4. The Morgan fingerprint density at radius 1 is 1.14 bits per heavy atom. The number of pyridine rings is 1. The monoisotopic (exact) mass is 537 g/mol. The van der Waals surface area contributed by atoms with Gasteiger partial charge in [-0.1, -0.05) is 11.6 Å². The number of nitrogens with zero attached hydrogens (tertiary/aromatic N) is 1. The van der Waals surface area contributed by atoms with Crippen molar-refractivity contribution in [3.63, 3.8) is 0 Å². The Labute approximate surface area is 214 Å². The molecule has 8 nitrogen and oxygen atoms in total. The van der Waals surface area contributed by atoms with Gasteiger partial charge >= 0.3 is 6.18 Å². The number of hydrogen-bond acceptors (Lipinski definition) is 6. The van der Waals surface area contributed by atoms with Crippen molar-refractivity contribution in [2.24, 2.45) is 0 Å². The van der Waals surface area contributed by atoms with Crippen LogP contribution in [-0.4, -0.2) is 45.7 Å². The molecule has 3 fully saturated rings. The molecule has 3 N–H and O–H groups in total. The van der Waals surface area contributed by atoms with E-state index in [0.717, 1.165) is 18.3 Å². The molecule has 37 heavy (non-hydrogen) atoms. The van der Waals surface area contributed by atoms with Crippen molar-refractivity contribution in [1.82, 2.24) is 15.6 Å². The molecular formula is C25H23ClF3N3O5. The van der Waals surface area contributed by atoms with Crippen LogP contribution in [0.4, 0.5) is 13.2 Å². The minimum Gasteiger partial charge on any atom is -0.482 e. The molecule has 2 heterocycles. The number of furan rings is 1. The lowest BCUT2D eigenvalue weighted by molar-refractivity contribution is -0.141. The van der Waals surface area contributed by atoms with Crippen molar-refractivity contribution in [2.75, 3.05) is 6.61 Å². The van der Waals surface area contributed by atoms with Crippen LogP contribution >= 0.6 is 11.6 Å². The standard InChI is InChI=1S/C25H23ClF3N3O5/c26-15-1-3-17-14(9-15)10-18(37-17)22(35)32-23-5-7-24(8-6-23,20(33)11-23)31-21(34)13-36-16-2-4-19(30-12-16)25(27,28)29/h1-4,9-10,12,20,33H,5-8,11,13H2,(H,31,34)(H,32,35)/t20-,23?,24?/m0/s1. The van der Waals surface area contributed by atoms with Crippen molar-refractivity contribution >= 4 is 34.4 Å². The van der Waals surface area contributed by atoms with Gasteiger partial charge in [0.05, 0.1) is 17.8 Å². The molecule has 196 valence electrons. The van der Waals surface area contributed by atoms with Gasteiger partial charge < -0.3 is 24.9 Å². The minimum atomic E-state index is -4.57. The van der Waals surface area contributed by atoms with E-state index >= 15 is 0 Å². The van der Waals surface area contributed by atoms with Crippen LogP contribution in [0.15, 0.2) is 47.0 Å². The lowest BCUT2D eigenvalue weighted by Gasteiger charge is -2.56. The van der Waals surface area contributed by atoms with Gasteiger partial charge in [-0.25, -0.2) is 4.98 Å². The summed E-state index contributed by atoms with van der Waals surface area (Å²) in [5, 5.41) is 18.0. The van der Waals surface area contributed by atoms with Crippen LogP contribution < -0.4 is 15.4 Å². The predicted octanol–water partition coefficient (Wildman–Crippen LogP) is 4.24. The van der Waals surface area contributed by atoms with Crippen LogP contribution in [0.5, 0.6) is 5.75 Å². The van der Waals surface area contributed by atoms with E-state index in [1.54, 1.807) is 24.3 Å². The Hall–Kier alpha value is -3.31. The SMILES string of the molecule is O=C(COc1ccc(C(F)(F)F)nc1)NC12CCC(NC(=O)c3cc4cc(Cl)ccc4o3)(CC1)C[C@@H]2O. The highest BCUT2D eigenvalue weighted by Gasteiger charge is 2.55. The van der Waals surface area contributed by atoms with E-state index in [9.17, 15) is 27.9 Å². The molecule has 0 unspecified atom stereocenters. The highest BCUT2D eigenvalue weighted by molar-refractivity contribution is 6.31. The smallest absolute Gasteiger partial charge is 0.433 e. The van der Waals surface area contributed by atoms with Crippen LogP contribution in [0.3, 0.4) is 0 Å². The fraction of sp³-hybridized carbons (Fsp3) is 0.400. The highest BCUT2D eigenvalue weighted by atomic mass is 35.5. The van der Waals surface area contributed by atoms with Gasteiger partial charge in [-0.05, 0) is 68.5 Å². The van der Waals surface area contributed by atoms with E-state index < -0.39 is 47.5 Å². The van der Waals surface area contributed by atoms with Crippen LogP contribution in [0, 0.1) is 0 Å². The minimum absolute atomic E-state index is 0.0167. The van der Waals surface area contributed by atoms with E-state index in [1.165, 1.54) is 0 Å². The van der Waals surface area contributed by atoms with Crippen LogP contribution in [0.2, 0.25) is 5.02 Å². The first-order valence-corrected chi connectivity index (χ1v) is 12.0. The molecular weight excluding hydrogens is 515 g/mol. The van der Waals surface area contributed by atoms with Crippen molar-refractivity contribution < 1.29 is 37.0 Å². The summed E-state index contributed by atoms with van der Waals surface area (Å²) in [7, 11) is 0. The molecule has 2 aromatic heterocycles. The summed E-state index contributed by atoms with van der Waals surface area (Å²) in [4.78, 5) is 28.8. The molecule has 6 rings (SSSR count). The number of rotatable bonds is 6. The van der Waals surface area contributed by atoms with Crippen LogP contribution in [0.1, 0.15) is 48.4 Å². The number of benzene rings is 1. The fourth-order valence-corrected chi connectivity index (χ4v) is 5.37. The first-order valence-electron chi connectivity index (χ1n) is 11.6. The first kappa shape index (κ1) is 25.3.